The summed E-state index contributed by atoms with van der Waals surface area (Å²) < 4.78 is 2.49. The van der Waals surface area contributed by atoms with Gasteiger partial charge in [0.15, 0.2) is 0 Å². The lowest BCUT2D eigenvalue weighted by atomic mass is 9.82. The van der Waals surface area contributed by atoms with E-state index in [9.17, 15) is 0 Å². The Kier molecular flexibility index (Phi) is 9.08. The number of allylic oxidation sites excluding steroid dienone is 4. The molecule has 0 fully saturated rings. The van der Waals surface area contributed by atoms with E-state index in [2.05, 4.69) is 262 Å². The molecule has 2 nitrogen and oxygen atoms in total. The molecule has 3 aliphatic rings. The van der Waals surface area contributed by atoms with E-state index in [0.29, 0.717) is 5.92 Å². The monoisotopic (exact) mass is 872 g/mol. The molecule has 0 bridgehead atoms. The van der Waals surface area contributed by atoms with Crippen molar-refractivity contribution in [2.45, 2.75) is 50.9 Å². The Bertz CT molecular complexity index is 3660. The van der Waals surface area contributed by atoms with Crippen molar-refractivity contribution in [3.05, 3.63) is 252 Å². The van der Waals surface area contributed by atoms with Crippen molar-refractivity contribution >= 4 is 38.9 Å². The Morgan fingerprint density at radius 3 is 1.68 bits per heavy atom. The molecule has 0 radical (unpaired) electrons. The number of benzene rings is 9. The summed E-state index contributed by atoms with van der Waals surface area (Å²) in [5.74, 6) is 0.348. The van der Waals surface area contributed by atoms with Crippen LogP contribution in [-0.2, 0) is 10.8 Å². The zero-order valence-corrected chi connectivity index (χ0v) is 39.0. The average molecular weight is 873 g/mol. The lowest BCUT2D eigenvalue weighted by Gasteiger charge is -2.30. The van der Waals surface area contributed by atoms with Crippen LogP contribution in [0.15, 0.2) is 224 Å². The zero-order chi connectivity index (χ0) is 45.7. The van der Waals surface area contributed by atoms with E-state index < -0.39 is 0 Å². The fourth-order valence-electron chi connectivity index (χ4n) is 12.0. The molecule has 1 atom stereocenters. The first-order chi connectivity index (χ1) is 33.2. The van der Waals surface area contributed by atoms with Gasteiger partial charge in [0.25, 0.3) is 0 Å². The molecule has 9 aromatic carbocycles. The number of rotatable bonds is 7. The van der Waals surface area contributed by atoms with Gasteiger partial charge in [-0.25, -0.2) is 0 Å². The molecule has 13 rings (SSSR count). The number of hydrogen-bond donors (Lipinski definition) is 0. The van der Waals surface area contributed by atoms with Gasteiger partial charge in [0.1, 0.15) is 0 Å². The highest BCUT2D eigenvalue weighted by molar-refractivity contribution is 6.10. The third-order valence-electron chi connectivity index (χ3n) is 15.5. The Morgan fingerprint density at radius 1 is 0.426 bits per heavy atom. The first kappa shape index (κ1) is 40.3. The highest BCUT2D eigenvalue weighted by Crippen LogP contribution is 2.55. The molecule has 0 aliphatic heterocycles. The molecule has 326 valence electrons. The average Bonchev–Trinajstić information content (AvgIpc) is 3.93. The Labute approximate surface area is 399 Å². The molecule has 1 aromatic heterocycles. The molecule has 10 aromatic rings. The number of fused-ring (bicyclic) bond motifs is 9. The molecular weight excluding hydrogens is 821 g/mol. The second-order valence-electron chi connectivity index (χ2n) is 20.1. The normalized spacial score (nSPS) is 15.9. The van der Waals surface area contributed by atoms with Gasteiger partial charge in [0.05, 0.1) is 16.7 Å². The third kappa shape index (κ3) is 6.17. The molecular formula is C66H52N2. The van der Waals surface area contributed by atoms with Crippen LogP contribution in [0.25, 0.3) is 72.0 Å². The van der Waals surface area contributed by atoms with Crippen molar-refractivity contribution in [1.82, 2.24) is 4.57 Å². The van der Waals surface area contributed by atoms with Crippen molar-refractivity contribution < 1.29 is 0 Å². The van der Waals surface area contributed by atoms with E-state index >= 15 is 0 Å². The van der Waals surface area contributed by atoms with E-state index in [-0.39, 0.29) is 10.8 Å². The largest absolute Gasteiger partial charge is 0.310 e. The summed E-state index contributed by atoms with van der Waals surface area (Å²) in [5.41, 5.74) is 23.7. The Hall–Kier alpha value is -7.94. The Morgan fingerprint density at radius 2 is 0.985 bits per heavy atom. The fourth-order valence-corrected chi connectivity index (χ4v) is 12.0. The quantitative estimate of drug-likeness (QED) is 0.155. The van der Waals surface area contributed by atoms with Gasteiger partial charge in [-0.05, 0) is 134 Å². The molecule has 1 unspecified atom stereocenters. The minimum Gasteiger partial charge on any atom is -0.310 e. The Balaban J connectivity index is 0.965. The van der Waals surface area contributed by atoms with Crippen molar-refractivity contribution in [1.29, 1.82) is 0 Å². The van der Waals surface area contributed by atoms with Crippen LogP contribution < -0.4 is 4.90 Å². The summed E-state index contributed by atoms with van der Waals surface area (Å²) in [7, 11) is 0. The van der Waals surface area contributed by atoms with Crippen molar-refractivity contribution in [3.8, 4) is 50.2 Å². The van der Waals surface area contributed by atoms with E-state index in [1.54, 1.807) is 0 Å². The molecule has 0 N–H and O–H groups in total. The zero-order valence-electron chi connectivity index (χ0n) is 39.0. The van der Waals surface area contributed by atoms with Crippen LogP contribution in [-0.4, -0.2) is 4.57 Å². The van der Waals surface area contributed by atoms with Gasteiger partial charge in [0.2, 0.25) is 0 Å². The predicted molar refractivity (Wildman–Crippen MR) is 287 cm³/mol. The molecule has 0 saturated carbocycles. The van der Waals surface area contributed by atoms with Gasteiger partial charge in [0, 0.05) is 50.1 Å². The number of para-hydroxylation sites is 2. The number of hydrogen-bond acceptors (Lipinski definition) is 1. The van der Waals surface area contributed by atoms with Crippen molar-refractivity contribution in [3.63, 3.8) is 0 Å². The second-order valence-corrected chi connectivity index (χ2v) is 20.1. The summed E-state index contributed by atoms with van der Waals surface area (Å²) in [6.07, 6.45) is 9.98. The lowest BCUT2D eigenvalue weighted by Crippen LogP contribution is -2.18. The highest BCUT2D eigenvalue weighted by Gasteiger charge is 2.39. The van der Waals surface area contributed by atoms with Crippen molar-refractivity contribution in [2.24, 2.45) is 0 Å². The SMILES string of the molecule is CC1(C)c2ccccc2-c2ccc(N(c3ccc(-c4cc(-c5ccccc5)cc(C5C=CC=CC5)c4)cc3)c3ccc4c(c3)C(C)(C)c3cccc(-n5c6ccccc6c6ccccc65)c3-4)cc21. The van der Waals surface area contributed by atoms with Crippen LogP contribution in [0.4, 0.5) is 17.1 Å². The van der Waals surface area contributed by atoms with E-state index in [1.165, 1.54) is 99.8 Å². The topological polar surface area (TPSA) is 8.17 Å². The molecule has 68 heavy (non-hydrogen) atoms. The molecule has 2 heteroatoms. The van der Waals surface area contributed by atoms with E-state index in [4.69, 9.17) is 0 Å². The minimum atomic E-state index is -0.239. The third-order valence-corrected chi connectivity index (χ3v) is 15.5. The van der Waals surface area contributed by atoms with Crippen LogP contribution in [0.2, 0.25) is 0 Å². The molecule has 0 amide bonds. The summed E-state index contributed by atoms with van der Waals surface area (Å²) >= 11 is 0. The summed E-state index contributed by atoms with van der Waals surface area (Å²) in [5, 5.41) is 2.55. The number of nitrogens with zero attached hydrogens (tertiary/aromatic N) is 2. The maximum absolute atomic E-state index is 2.49. The van der Waals surface area contributed by atoms with Gasteiger partial charge in [-0.3, -0.25) is 0 Å². The van der Waals surface area contributed by atoms with Gasteiger partial charge < -0.3 is 9.47 Å². The maximum atomic E-state index is 2.49. The van der Waals surface area contributed by atoms with Crippen LogP contribution >= 0.6 is 0 Å². The number of aromatic nitrogens is 1. The molecule has 0 spiro atoms. The maximum Gasteiger partial charge on any atom is 0.0543 e. The molecule has 3 aliphatic carbocycles. The first-order valence-corrected chi connectivity index (χ1v) is 24.2. The highest BCUT2D eigenvalue weighted by atomic mass is 15.1. The lowest BCUT2D eigenvalue weighted by molar-refractivity contribution is 0.660. The molecule has 1 heterocycles. The summed E-state index contributed by atoms with van der Waals surface area (Å²) in [6, 6.07) is 75.2. The van der Waals surface area contributed by atoms with Crippen LogP contribution in [0.1, 0.15) is 67.9 Å². The second kappa shape index (κ2) is 15.3. The van der Waals surface area contributed by atoms with Crippen LogP contribution in [0, 0.1) is 0 Å². The summed E-state index contributed by atoms with van der Waals surface area (Å²) in [6.45, 7) is 9.56. The minimum absolute atomic E-state index is 0.132. The van der Waals surface area contributed by atoms with Gasteiger partial charge in [-0.15, -0.1) is 0 Å². The van der Waals surface area contributed by atoms with Gasteiger partial charge >= 0.3 is 0 Å². The number of anilines is 3. The fraction of sp³-hybridized carbons (Fsp3) is 0.121. The van der Waals surface area contributed by atoms with Gasteiger partial charge in [-0.2, -0.15) is 0 Å². The predicted octanol–water partition coefficient (Wildman–Crippen LogP) is 17.8. The first-order valence-electron chi connectivity index (χ1n) is 24.2. The van der Waals surface area contributed by atoms with Crippen LogP contribution in [0.3, 0.4) is 0 Å². The van der Waals surface area contributed by atoms with Crippen molar-refractivity contribution in [2.75, 3.05) is 4.90 Å². The smallest absolute Gasteiger partial charge is 0.0543 e. The standard InChI is InChI=1S/C66H52N2/c1-65(2)57-25-14-11-22-52(57)53-36-34-50(41-59(53)65)67(49-32-30-45(31-33-49)48-39-46(43-18-7-5-8-19-43)38-47(40-48)44-20-9-6-10-21-44)51-35-37-56-60(42-51)66(3,4)58-26-17-29-63(64(56)58)68-61-27-15-12-23-54(61)55-24-13-16-28-62(55)68/h5-20,22-42,44H,21H2,1-4H3. The summed E-state index contributed by atoms with van der Waals surface area (Å²) in [4.78, 5) is 2.49. The van der Waals surface area contributed by atoms with E-state index in [0.717, 1.165) is 23.5 Å². The van der Waals surface area contributed by atoms with Crippen LogP contribution in [0.5, 0.6) is 0 Å². The van der Waals surface area contributed by atoms with Gasteiger partial charge in [-0.1, -0.05) is 192 Å². The molecule has 0 saturated heterocycles. The van der Waals surface area contributed by atoms with E-state index in [1.807, 2.05) is 0 Å².